The predicted octanol–water partition coefficient (Wildman–Crippen LogP) is 1.86. The highest BCUT2D eigenvalue weighted by atomic mass is 16.5. The molecule has 21 heavy (non-hydrogen) atoms. The van der Waals surface area contributed by atoms with Crippen molar-refractivity contribution in [2.45, 2.75) is 32.8 Å². The number of aliphatic carboxylic acids is 1. The van der Waals surface area contributed by atoms with Crippen LogP contribution in [0.4, 0.5) is 0 Å². The molecule has 1 unspecified atom stereocenters. The van der Waals surface area contributed by atoms with Gasteiger partial charge in [0.05, 0.1) is 11.9 Å². The number of carbonyl (C=O) groups is 2. The van der Waals surface area contributed by atoms with Gasteiger partial charge in [0.25, 0.3) is 5.91 Å². The summed E-state index contributed by atoms with van der Waals surface area (Å²) in [6.45, 7) is 4.36. The molecule has 0 fully saturated rings. The largest absolute Gasteiger partial charge is 0.479 e. The lowest BCUT2D eigenvalue weighted by molar-refractivity contribution is -0.131. The second kappa shape index (κ2) is 8.73. The molecule has 0 aliphatic carbocycles. The van der Waals surface area contributed by atoms with Crippen molar-refractivity contribution in [2.24, 2.45) is 0 Å². The van der Waals surface area contributed by atoms with Crippen LogP contribution in [-0.4, -0.2) is 34.6 Å². The molecule has 0 saturated heterocycles. The first-order valence-corrected chi connectivity index (χ1v) is 6.84. The Balaban J connectivity index is 2.51. The summed E-state index contributed by atoms with van der Waals surface area (Å²) < 4.78 is 5.47. The summed E-state index contributed by atoms with van der Waals surface area (Å²) in [6, 6.07) is 3.26. The van der Waals surface area contributed by atoms with E-state index in [0.717, 1.165) is 18.9 Å². The number of ether oxygens (including phenoxy) is 1. The molecule has 0 spiro atoms. The minimum absolute atomic E-state index is 0.168. The average molecular weight is 292 g/mol. The molecule has 1 atom stereocenters. The zero-order chi connectivity index (χ0) is 15.7. The van der Waals surface area contributed by atoms with E-state index < -0.39 is 12.1 Å². The number of hydrogen-bond acceptors (Lipinski definition) is 4. The van der Waals surface area contributed by atoms with E-state index in [9.17, 15) is 9.59 Å². The highest BCUT2D eigenvalue weighted by Gasteiger charge is 2.13. The van der Waals surface area contributed by atoms with Gasteiger partial charge < -0.3 is 15.2 Å². The Morgan fingerprint density at radius 3 is 2.81 bits per heavy atom. The highest BCUT2D eigenvalue weighted by Crippen LogP contribution is 2.12. The summed E-state index contributed by atoms with van der Waals surface area (Å²) in [4.78, 5) is 26.1. The Bertz CT molecular complexity index is 497. The van der Waals surface area contributed by atoms with Crippen molar-refractivity contribution in [2.75, 3.05) is 6.54 Å². The number of pyridine rings is 1. The summed E-state index contributed by atoms with van der Waals surface area (Å²) in [7, 11) is 0. The van der Waals surface area contributed by atoms with Crippen LogP contribution in [-0.2, 0) is 9.59 Å². The molecule has 0 aliphatic rings. The summed E-state index contributed by atoms with van der Waals surface area (Å²) in [5.74, 6) is -0.742. The molecule has 0 radical (unpaired) electrons. The van der Waals surface area contributed by atoms with Crippen LogP contribution in [0, 0.1) is 0 Å². The standard InChI is InChI=1S/C15H20N2O4/c1-3-4-9-16-15(20)11(2)21-13-7-5-12(17-10-13)6-8-14(18)19/h5-8,10-11H,3-4,9H2,1-2H3,(H,16,20)(H,18,19). The fourth-order valence-electron chi connectivity index (χ4n) is 1.51. The van der Waals surface area contributed by atoms with Gasteiger partial charge in [-0.2, -0.15) is 0 Å². The summed E-state index contributed by atoms with van der Waals surface area (Å²) in [5, 5.41) is 11.3. The maximum absolute atomic E-state index is 11.7. The Hall–Kier alpha value is -2.37. The van der Waals surface area contributed by atoms with E-state index in [2.05, 4.69) is 17.2 Å². The number of carboxylic acid groups (broad SMARTS) is 1. The van der Waals surface area contributed by atoms with Crippen LogP contribution in [0.2, 0.25) is 0 Å². The minimum Gasteiger partial charge on any atom is -0.479 e. The van der Waals surface area contributed by atoms with Crippen LogP contribution in [0.25, 0.3) is 6.08 Å². The Kier molecular flexibility index (Phi) is 6.94. The van der Waals surface area contributed by atoms with Crippen molar-refractivity contribution in [3.05, 3.63) is 30.1 Å². The number of nitrogens with one attached hydrogen (secondary N) is 1. The number of rotatable bonds is 8. The second-order valence-electron chi connectivity index (χ2n) is 4.49. The van der Waals surface area contributed by atoms with Crippen molar-refractivity contribution in [3.63, 3.8) is 0 Å². The maximum Gasteiger partial charge on any atom is 0.328 e. The third kappa shape index (κ3) is 6.56. The molecule has 0 bridgehead atoms. The van der Waals surface area contributed by atoms with Gasteiger partial charge in [-0.25, -0.2) is 4.79 Å². The molecule has 0 saturated carbocycles. The van der Waals surface area contributed by atoms with E-state index in [1.54, 1.807) is 19.1 Å². The molecule has 114 valence electrons. The molecule has 1 heterocycles. The second-order valence-corrected chi connectivity index (χ2v) is 4.49. The quantitative estimate of drug-likeness (QED) is 0.564. The summed E-state index contributed by atoms with van der Waals surface area (Å²) >= 11 is 0. The van der Waals surface area contributed by atoms with Gasteiger partial charge in [0, 0.05) is 12.6 Å². The molecule has 1 aromatic heterocycles. The van der Waals surface area contributed by atoms with Gasteiger partial charge in [-0.1, -0.05) is 13.3 Å². The van der Waals surface area contributed by atoms with Crippen molar-refractivity contribution >= 4 is 18.0 Å². The van der Waals surface area contributed by atoms with E-state index in [0.29, 0.717) is 18.0 Å². The molecular weight excluding hydrogens is 272 g/mol. The van der Waals surface area contributed by atoms with Crippen LogP contribution in [0.15, 0.2) is 24.4 Å². The zero-order valence-corrected chi connectivity index (χ0v) is 12.2. The number of amides is 1. The Morgan fingerprint density at radius 2 is 2.24 bits per heavy atom. The van der Waals surface area contributed by atoms with E-state index in [1.165, 1.54) is 12.3 Å². The van der Waals surface area contributed by atoms with Gasteiger partial charge in [0.15, 0.2) is 6.10 Å². The fourth-order valence-corrected chi connectivity index (χ4v) is 1.51. The van der Waals surface area contributed by atoms with Gasteiger partial charge in [0.1, 0.15) is 5.75 Å². The van der Waals surface area contributed by atoms with Crippen LogP contribution in [0.1, 0.15) is 32.4 Å². The van der Waals surface area contributed by atoms with Gasteiger partial charge in [-0.15, -0.1) is 0 Å². The number of aromatic nitrogens is 1. The van der Waals surface area contributed by atoms with Crippen molar-refractivity contribution in [3.8, 4) is 5.75 Å². The van der Waals surface area contributed by atoms with E-state index in [-0.39, 0.29) is 5.91 Å². The lowest BCUT2D eigenvalue weighted by Crippen LogP contribution is -2.36. The van der Waals surface area contributed by atoms with E-state index in [4.69, 9.17) is 9.84 Å². The molecule has 1 amide bonds. The van der Waals surface area contributed by atoms with Gasteiger partial charge >= 0.3 is 5.97 Å². The molecule has 6 nitrogen and oxygen atoms in total. The Labute approximate surface area is 123 Å². The van der Waals surface area contributed by atoms with Crippen LogP contribution < -0.4 is 10.1 Å². The van der Waals surface area contributed by atoms with Gasteiger partial charge in [0.2, 0.25) is 0 Å². The van der Waals surface area contributed by atoms with Crippen LogP contribution >= 0.6 is 0 Å². The first-order valence-electron chi connectivity index (χ1n) is 6.84. The Morgan fingerprint density at radius 1 is 1.48 bits per heavy atom. The maximum atomic E-state index is 11.7. The van der Waals surface area contributed by atoms with Crippen molar-refractivity contribution < 1.29 is 19.4 Å². The van der Waals surface area contributed by atoms with Crippen LogP contribution in [0.5, 0.6) is 5.75 Å². The third-order valence-electron chi connectivity index (χ3n) is 2.67. The normalized spacial score (nSPS) is 12.1. The molecule has 0 aromatic carbocycles. The number of carbonyl (C=O) groups excluding carboxylic acids is 1. The zero-order valence-electron chi connectivity index (χ0n) is 12.2. The van der Waals surface area contributed by atoms with E-state index in [1.807, 2.05) is 0 Å². The molecule has 6 heteroatoms. The third-order valence-corrected chi connectivity index (χ3v) is 2.67. The highest BCUT2D eigenvalue weighted by molar-refractivity contribution is 5.84. The first kappa shape index (κ1) is 16.7. The monoisotopic (exact) mass is 292 g/mol. The fraction of sp³-hybridized carbons (Fsp3) is 0.400. The predicted molar refractivity (Wildman–Crippen MR) is 78.9 cm³/mol. The molecule has 0 aliphatic heterocycles. The molecule has 2 N–H and O–H groups in total. The number of carboxylic acids is 1. The van der Waals surface area contributed by atoms with Gasteiger partial charge in [-0.05, 0) is 31.6 Å². The van der Waals surface area contributed by atoms with Gasteiger partial charge in [-0.3, -0.25) is 9.78 Å². The number of nitrogens with zero attached hydrogens (tertiary/aromatic N) is 1. The van der Waals surface area contributed by atoms with E-state index >= 15 is 0 Å². The average Bonchev–Trinajstić information content (AvgIpc) is 2.46. The smallest absolute Gasteiger partial charge is 0.328 e. The molecular formula is C15H20N2O4. The summed E-state index contributed by atoms with van der Waals surface area (Å²) in [5.41, 5.74) is 0.504. The topological polar surface area (TPSA) is 88.5 Å². The molecule has 1 aromatic rings. The van der Waals surface area contributed by atoms with Crippen molar-refractivity contribution in [1.82, 2.24) is 10.3 Å². The lowest BCUT2D eigenvalue weighted by Gasteiger charge is -2.14. The number of hydrogen-bond donors (Lipinski definition) is 2. The SMILES string of the molecule is CCCCNC(=O)C(C)Oc1ccc(C=CC(=O)O)nc1. The lowest BCUT2D eigenvalue weighted by atomic mass is 10.3. The molecule has 1 rings (SSSR count). The minimum atomic E-state index is -1.03. The summed E-state index contributed by atoms with van der Waals surface area (Å²) in [6.07, 6.45) is 5.19. The van der Waals surface area contributed by atoms with Crippen molar-refractivity contribution in [1.29, 1.82) is 0 Å². The van der Waals surface area contributed by atoms with Crippen LogP contribution in [0.3, 0.4) is 0 Å². The first-order chi connectivity index (χ1) is 10.0. The number of unbranched alkanes of at least 4 members (excludes halogenated alkanes) is 1.